The lowest BCUT2D eigenvalue weighted by atomic mass is 10.2. The molecule has 2 amide bonds. The first kappa shape index (κ1) is 12.7. The van der Waals surface area contributed by atoms with E-state index in [2.05, 4.69) is 0 Å². The van der Waals surface area contributed by atoms with Crippen molar-refractivity contribution >= 4 is 11.8 Å². The summed E-state index contributed by atoms with van der Waals surface area (Å²) in [5.41, 5.74) is 0. The zero-order valence-corrected chi connectivity index (χ0v) is 11.0. The van der Waals surface area contributed by atoms with Gasteiger partial charge in [-0.2, -0.15) is 0 Å². The molecule has 1 aromatic rings. The molecular weight excluding hydrogens is 232 g/mol. The third-order valence-corrected chi connectivity index (χ3v) is 3.26. The molecule has 0 radical (unpaired) electrons. The second-order valence-corrected chi connectivity index (χ2v) is 4.76. The summed E-state index contributed by atoms with van der Waals surface area (Å²) in [6, 6.07) is 3.69. The van der Waals surface area contributed by atoms with Gasteiger partial charge < -0.3 is 14.2 Å². The van der Waals surface area contributed by atoms with Gasteiger partial charge in [0, 0.05) is 20.0 Å². The van der Waals surface area contributed by atoms with Crippen molar-refractivity contribution in [2.75, 3.05) is 20.1 Å². The first-order valence-electron chi connectivity index (χ1n) is 6.06. The molecule has 0 bridgehead atoms. The van der Waals surface area contributed by atoms with E-state index in [0.717, 1.165) is 11.5 Å². The van der Waals surface area contributed by atoms with Crippen molar-refractivity contribution in [3.05, 3.63) is 23.7 Å². The van der Waals surface area contributed by atoms with Crippen LogP contribution < -0.4 is 0 Å². The van der Waals surface area contributed by atoms with Crippen molar-refractivity contribution in [2.24, 2.45) is 0 Å². The standard InChI is InChI=1S/C13H18N2O3/c1-9(16)6-7-15-8-11(14(3)13(15)17)12-5-4-10(2)18-12/h4-5,11H,6-8H2,1-3H3. The molecule has 1 aliphatic heterocycles. The molecule has 1 fully saturated rings. The molecule has 0 aliphatic carbocycles. The van der Waals surface area contributed by atoms with Crippen LogP contribution in [0.25, 0.3) is 0 Å². The van der Waals surface area contributed by atoms with Crippen LogP contribution in [0.1, 0.15) is 30.9 Å². The molecule has 1 saturated heterocycles. The van der Waals surface area contributed by atoms with E-state index in [9.17, 15) is 9.59 Å². The normalized spacial score (nSPS) is 19.7. The smallest absolute Gasteiger partial charge is 0.320 e. The van der Waals surface area contributed by atoms with Gasteiger partial charge in [0.2, 0.25) is 0 Å². The summed E-state index contributed by atoms with van der Waals surface area (Å²) >= 11 is 0. The minimum Gasteiger partial charge on any atom is -0.464 e. The van der Waals surface area contributed by atoms with Crippen molar-refractivity contribution in [1.82, 2.24) is 9.80 Å². The number of amides is 2. The minimum absolute atomic E-state index is 0.0460. The van der Waals surface area contributed by atoms with E-state index in [1.165, 1.54) is 6.92 Å². The highest BCUT2D eigenvalue weighted by molar-refractivity contribution is 5.79. The number of likely N-dealkylation sites (N-methyl/N-ethyl adjacent to an activating group) is 1. The van der Waals surface area contributed by atoms with Crippen molar-refractivity contribution in [1.29, 1.82) is 0 Å². The molecule has 1 unspecified atom stereocenters. The van der Waals surface area contributed by atoms with Crippen LogP contribution in [0, 0.1) is 6.92 Å². The average Bonchev–Trinajstić information content (AvgIpc) is 2.84. The van der Waals surface area contributed by atoms with Crippen LogP contribution in [0.4, 0.5) is 4.79 Å². The zero-order chi connectivity index (χ0) is 13.3. The number of furan rings is 1. The molecule has 0 N–H and O–H groups in total. The Bertz CT molecular complexity index is 467. The van der Waals surface area contributed by atoms with Gasteiger partial charge in [0.15, 0.2) is 0 Å². The van der Waals surface area contributed by atoms with E-state index >= 15 is 0 Å². The van der Waals surface area contributed by atoms with Gasteiger partial charge in [-0.3, -0.25) is 4.79 Å². The average molecular weight is 250 g/mol. The third-order valence-electron chi connectivity index (χ3n) is 3.26. The van der Waals surface area contributed by atoms with E-state index in [0.29, 0.717) is 19.5 Å². The summed E-state index contributed by atoms with van der Waals surface area (Å²) in [4.78, 5) is 26.3. The molecule has 2 rings (SSSR count). The Morgan fingerprint density at radius 2 is 2.22 bits per heavy atom. The van der Waals surface area contributed by atoms with Crippen molar-refractivity contribution in [3.63, 3.8) is 0 Å². The van der Waals surface area contributed by atoms with Gasteiger partial charge >= 0.3 is 6.03 Å². The SMILES string of the molecule is CC(=O)CCN1CC(c2ccc(C)o2)N(C)C1=O. The van der Waals surface area contributed by atoms with Gasteiger partial charge in [0.05, 0.1) is 6.54 Å². The van der Waals surface area contributed by atoms with E-state index in [1.54, 1.807) is 16.8 Å². The van der Waals surface area contributed by atoms with Crippen LogP contribution in [-0.2, 0) is 4.79 Å². The first-order chi connectivity index (χ1) is 8.49. The fraction of sp³-hybridized carbons (Fsp3) is 0.538. The Morgan fingerprint density at radius 3 is 2.78 bits per heavy atom. The number of hydrogen-bond acceptors (Lipinski definition) is 3. The number of rotatable bonds is 4. The third kappa shape index (κ3) is 2.39. The molecule has 1 atom stereocenters. The predicted octanol–water partition coefficient (Wildman–Crippen LogP) is 1.98. The molecular formula is C13H18N2O3. The molecule has 0 aromatic carbocycles. The maximum Gasteiger partial charge on any atom is 0.320 e. The Balaban J connectivity index is 2.07. The van der Waals surface area contributed by atoms with Crippen molar-refractivity contribution in [2.45, 2.75) is 26.3 Å². The highest BCUT2D eigenvalue weighted by atomic mass is 16.3. The van der Waals surface area contributed by atoms with Crippen LogP contribution in [-0.4, -0.2) is 41.8 Å². The molecule has 5 nitrogen and oxygen atoms in total. The Morgan fingerprint density at radius 1 is 1.50 bits per heavy atom. The van der Waals surface area contributed by atoms with Gasteiger partial charge in [-0.05, 0) is 26.0 Å². The predicted molar refractivity (Wildman–Crippen MR) is 66.2 cm³/mol. The first-order valence-corrected chi connectivity index (χ1v) is 6.06. The van der Waals surface area contributed by atoms with Crippen LogP contribution in [0.2, 0.25) is 0 Å². The number of carbonyl (C=O) groups excluding carboxylic acids is 2. The second kappa shape index (κ2) is 4.84. The number of nitrogens with zero attached hydrogens (tertiary/aromatic N) is 2. The molecule has 5 heteroatoms. The van der Waals surface area contributed by atoms with Crippen LogP contribution in [0.5, 0.6) is 0 Å². The monoisotopic (exact) mass is 250 g/mol. The molecule has 1 aromatic heterocycles. The molecule has 2 heterocycles. The zero-order valence-electron chi connectivity index (χ0n) is 11.0. The van der Waals surface area contributed by atoms with Crippen LogP contribution in [0.15, 0.2) is 16.5 Å². The Labute approximate surface area is 106 Å². The van der Waals surface area contributed by atoms with Gasteiger partial charge in [-0.15, -0.1) is 0 Å². The fourth-order valence-electron chi connectivity index (χ4n) is 2.16. The van der Waals surface area contributed by atoms with Crippen LogP contribution >= 0.6 is 0 Å². The Kier molecular flexibility index (Phi) is 3.41. The van der Waals surface area contributed by atoms with E-state index in [1.807, 2.05) is 19.1 Å². The van der Waals surface area contributed by atoms with Gasteiger partial charge in [-0.1, -0.05) is 0 Å². The summed E-state index contributed by atoms with van der Waals surface area (Å²) in [6.07, 6.45) is 0.406. The number of carbonyl (C=O) groups is 2. The summed E-state index contributed by atoms with van der Waals surface area (Å²) in [5.74, 6) is 1.74. The summed E-state index contributed by atoms with van der Waals surface area (Å²) < 4.78 is 5.57. The topological polar surface area (TPSA) is 53.8 Å². The summed E-state index contributed by atoms with van der Waals surface area (Å²) in [6.45, 7) is 4.48. The number of urea groups is 1. The number of hydrogen-bond donors (Lipinski definition) is 0. The maximum absolute atomic E-state index is 12.0. The number of aryl methyl sites for hydroxylation is 1. The Hall–Kier alpha value is -1.78. The lowest BCUT2D eigenvalue weighted by Crippen LogP contribution is -2.31. The van der Waals surface area contributed by atoms with Crippen molar-refractivity contribution in [3.8, 4) is 0 Å². The van der Waals surface area contributed by atoms with E-state index in [4.69, 9.17) is 4.42 Å². The number of ketones is 1. The highest BCUT2D eigenvalue weighted by Crippen LogP contribution is 2.29. The van der Waals surface area contributed by atoms with Crippen molar-refractivity contribution < 1.29 is 14.0 Å². The van der Waals surface area contributed by atoms with E-state index < -0.39 is 0 Å². The van der Waals surface area contributed by atoms with Gasteiger partial charge in [-0.25, -0.2) is 4.79 Å². The van der Waals surface area contributed by atoms with Gasteiger partial charge in [0.1, 0.15) is 23.3 Å². The maximum atomic E-state index is 12.0. The quantitative estimate of drug-likeness (QED) is 0.821. The second-order valence-electron chi connectivity index (χ2n) is 4.76. The van der Waals surface area contributed by atoms with Gasteiger partial charge in [0.25, 0.3) is 0 Å². The molecule has 0 saturated carbocycles. The summed E-state index contributed by atoms with van der Waals surface area (Å²) in [7, 11) is 1.76. The lowest BCUT2D eigenvalue weighted by Gasteiger charge is -2.15. The largest absolute Gasteiger partial charge is 0.464 e. The molecule has 98 valence electrons. The molecule has 18 heavy (non-hydrogen) atoms. The number of Topliss-reactive ketones (excluding diaryl/α,β-unsaturated/α-hetero) is 1. The minimum atomic E-state index is -0.0573. The van der Waals surface area contributed by atoms with E-state index in [-0.39, 0.29) is 17.9 Å². The van der Waals surface area contributed by atoms with Crippen LogP contribution in [0.3, 0.4) is 0 Å². The highest BCUT2D eigenvalue weighted by Gasteiger charge is 2.36. The summed E-state index contributed by atoms with van der Waals surface area (Å²) in [5, 5.41) is 0. The fourth-order valence-corrected chi connectivity index (χ4v) is 2.16. The molecule has 0 spiro atoms. The molecule has 1 aliphatic rings. The lowest BCUT2D eigenvalue weighted by molar-refractivity contribution is -0.117.